The predicted molar refractivity (Wildman–Crippen MR) is 71.2 cm³/mol. The third-order valence-corrected chi connectivity index (χ3v) is 5.20. The van der Waals surface area contributed by atoms with Gasteiger partial charge in [0.15, 0.2) is 5.78 Å². The molecule has 0 bridgehead atoms. The lowest BCUT2D eigenvalue weighted by Gasteiger charge is -2.40. The molecule has 4 nitrogen and oxygen atoms in total. The molecule has 18 heavy (non-hydrogen) atoms. The second kappa shape index (κ2) is 5.70. The summed E-state index contributed by atoms with van der Waals surface area (Å²) in [6.45, 7) is 0. The minimum Gasteiger partial charge on any atom is -0.304 e. The fourth-order valence-electron chi connectivity index (χ4n) is 3.21. The second-order valence-electron chi connectivity index (χ2n) is 5.79. The Morgan fingerprint density at radius 2 is 1.89 bits per heavy atom. The highest BCUT2D eigenvalue weighted by atomic mass is 32.2. The van der Waals surface area contributed by atoms with E-state index in [1.165, 1.54) is 31.9 Å². The normalized spacial score (nSPS) is 32.8. The average molecular weight is 273 g/mol. The molecule has 1 aliphatic carbocycles. The molecule has 0 aromatic heterocycles. The zero-order chi connectivity index (χ0) is 13.2. The van der Waals surface area contributed by atoms with Gasteiger partial charge in [-0.25, -0.2) is 8.42 Å². The topological polar surface area (TPSA) is 63.2 Å². The predicted octanol–water partition coefficient (Wildman–Crippen LogP) is 1.30. The maximum Gasteiger partial charge on any atom is 0.150 e. The Kier molecular flexibility index (Phi) is 4.43. The number of rotatable bonds is 4. The Morgan fingerprint density at radius 1 is 1.17 bits per heavy atom. The van der Waals surface area contributed by atoms with Crippen molar-refractivity contribution in [2.24, 2.45) is 5.92 Å². The molecular formula is C13H23NO3S. The van der Waals surface area contributed by atoms with Crippen LogP contribution in [0.4, 0.5) is 0 Å². The molecule has 0 aromatic carbocycles. The highest BCUT2D eigenvalue weighted by Gasteiger charge is 2.34. The first-order valence-corrected chi connectivity index (χ1v) is 8.98. The summed E-state index contributed by atoms with van der Waals surface area (Å²) < 4.78 is 22.1. The number of hydrogen-bond donors (Lipinski definition) is 1. The highest BCUT2D eigenvalue weighted by molar-refractivity contribution is 7.90. The highest BCUT2D eigenvalue weighted by Crippen LogP contribution is 2.32. The summed E-state index contributed by atoms with van der Waals surface area (Å²) in [7, 11) is -3.03. The molecule has 0 spiro atoms. The van der Waals surface area contributed by atoms with Crippen LogP contribution in [0.15, 0.2) is 0 Å². The maximum atomic E-state index is 12.0. The third-order valence-electron chi connectivity index (χ3n) is 4.26. The molecule has 1 aliphatic heterocycles. The van der Waals surface area contributed by atoms with E-state index in [0.717, 1.165) is 18.8 Å². The molecule has 1 saturated heterocycles. The van der Waals surface area contributed by atoms with Gasteiger partial charge in [-0.3, -0.25) is 4.79 Å². The summed E-state index contributed by atoms with van der Waals surface area (Å²) in [4.78, 5) is 12.0. The van der Waals surface area contributed by atoms with Crippen molar-refractivity contribution in [1.82, 2.24) is 5.32 Å². The van der Waals surface area contributed by atoms with Crippen molar-refractivity contribution >= 4 is 15.6 Å². The van der Waals surface area contributed by atoms with E-state index in [1.54, 1.807) is 0 Å². The molecule has 104 valence electrons. The number of hydrogen-bond acceptors (Lipinski definition) is 4. The monoisotopic (exact) mass is 273 g/mol. The molecule has 0 amide bonds. The fourth-order valence-corrected chi connectivity index (χ4v) is 3.78. The Bertz CT molecular complexity index is 404. The van der Waals surface area contributed by atoms with Crippen LogP contribution in [0.5, 0.6) is 0 Å². The van der Waals surface area contributed by atoms with E-state index in [9.17, 15) is 13.2 Å². The summed E-state index contributed by atoms with van der Waals surface area (Å²) in [5.74, 6) is 0.792. The summed E-state index contributed by atoms with van der Waals surface area (Å²) in [6, 6.07) is 0.380. The lowest BCUT2D eigenvalue weighted by Crippen LogP contribution is -2.52. The molecule has 1 saturated carbocycles. The van der Waals surface area contributed by atoms with E-state index in [1.807, 2.05) is 0 Å². The molecule has 3 atom stereocenters. The summed E-state index contributed by atoms with van der Waals surface area (Å²) >= 11 is 0. The number of fused-ring (bicyclic) bond motifs is 1. The number of nitrogens with one attached hydrogen (secondary N) is 1. The minimum atomic E-state index is -3.03. The summed E-state index contributed by atoms with van der Waals surface area (Å²) in [5, 5.41) is 3.45. The molecule has 5 heteroatoms. The average Bonchev–Trinajstić information content (AvgIpc) is 2.34. The SMILES string of the molecule is CS(=O)(=O)CCC(=O)C1CCC2CCCCC2N1. The fraction of sp³-hybridized carbons (Fsp3) is 0.923. The number of sulfone groups is 1. The van der Waals surface area contributed by atoms with Crippen LogP contribution in [0.3, 0.4) is 0 Å². The van der Waals surface area contributed by atoms with Crippen LogP contribution in [0.1, 0.15) is 44.9 Å². The molecule has 0 aromatic rings. The number of carbonyl (C=O) groups excluding carboxylic acids is 1. The summed E-state index contributed by atoms with van der Waals surface area (Å²) in [6.07, 6.45) is 8.35. The van der Waals surface area contributed by atoms with Crippen LogP contribution in [0.25, 0.3) is 0 Å². The van der Waals surface area contributed by atoms with Crippen LogP contribution in [0.2, 0.25) is 0 Å². The number of carbonyl (C=O) groups is 1. The van der Waals surface area contributed by atoms with Gasteiger partial charge >= 0.3 is 0 Å². The molecule has 1 N–H and O–H groups in total. The van der Waals surface area contributed by atoms with Gasteiger partial charge in [0.1, 0.15) is 9.84 Å². The molecule has 0 radical (unpaired) electrons. The van der Waals surface area contributed by atoms with Gasteiger partial charge in [0.2, 0.25) is 0 Å². The Labute approximate surface area is 109 Å². The first-order valence-electron chi connectivity index (χ1n) is 6.92. The van der Waals surface area contributed by atoms with Gasteiger partial charge in [-0.1, -0.05) is 12.8 Å². The smallest absolute Gasteiger partial charge is 0.150 e. The van der Waals surface area contributed by atoms with Crippen LogP contribution < -0.4 is 5.32 Å². The van der Waals surface area contributed by atoms with Gasteiger partial charge in [-0.15, -0.1) is 0 Å². The van der Waals surface area contributed by atoms with E-state index in [0.29, 0.717) is 6.04 Å². The Balaban J connectivity index is 1.84. The van der Waals surface area contributed by atoms with Gasteiger partial charge in [0, 0.05) is 18.7 Å². The number of ketones is 1. The van der Waals surface area contributed by atoms with Gasteiger partial charge in [-0.2, -0.15) is 0 Å². The molecular weight excluding hydrogens is 250 g/mol. The molecule has 3 unspecified atom stereocenters. The Morgan fingerprint density at radius 3 is 2.61 bits per heavy atom. The second-order valence-corrected chi connectivity index (χ2v) is 8.05. The van der Waals surface area contributed by atoms with Crippen molar-refractivity contribution in [3.63, 3.8) is 0 Å². The summed E-state index contributed by atoms with van der Waals surface area (Å²) in [5.41, 5.74) is 0. The largest absolute Gasteiger partial charge is 0.304 e. The third kappa shape index (κ3) is 3.79. The van der Waals surface area contributed by atoms with Crippen LogP contribution >= 0.6 is 0 Å². The van der Waals surface area contributed by atoms with E-state index in [4.69, 9.17) is 0 Å². The van der Waals surface area contributed by atoms with Crippen molar-refractivity contribution in [1.29, 1.82) is 0 Å². The minimum absolute atomic E-state index is 0.0158. The van der Waals surface area contributed by atoms with Crippen LogP contribution in [-0.2, 0) is 14.6 Å². The Hall–Kier alpha value is -0.420. The molecule has 2 aliphatic rings. The van der Waals surface area contributed by atoms with E-state index in [2.05, 4.69) is 5.32 Å². The van der Waals surface area contributed by atoms with E-state index < -0.39 is 9.84 Å². The van der Waals surface area contributed by atoms with Crippen molar-refractivity contribution in [2.45, 2.75) is 57.0 Å². The van der Waals surface area contributed by atoms with Crippen molar-refractivity contribution in [2.75, 3.05) is 12.0 Å². The first kappa shape index (κ1) is 14.0. The van der Waals surface area contributed by atoms with Crippen molar-refractivity contribution in [3.8, 4) is 0 Å². The lowest BCUT2D eigenvalue weighted by atomic mass is 9.77. The number of Topliss-reactive ketones (excluding diaryl/α,β-unsaturated/α-hetero) is 1. The first-order chi connectivity index (χ1) is 8.46. The zero-order valence-electron chi connectivity index (χ0n) is 11.0. The standard InChI is InChI=1S/C13H23NO3S/c1-18(16,17)9-8-13(15)12-7-6-10-4-2-3-5-11(10)14-12/h10-12,14H,2-9H2,1H3. The maximum absolute atomic E-state index is 12.0. The number of piperidine rings is 1. The molecule has 2 rings (SSSR count). The van der Waals surface area contributed by atoms with Crippen molar-refractivity contribution in [3.05, 3.63) is 0 Å². The van der Waals surface area contributed by atoms with Gasteiger partial charge in [0.05, 0.1) is 11.8 Å². The van der Waals surface area contributed by atoms with Crippen molar-refractivity contribution < 1.29 is 13.2 Å². The quantitative estimate of drug-likeness (QED) is 0.838. The van der Waals surface area contributed by atoms with Crippen LogP contribution in [0, 0.1) is 5.92 Å². The van der Waals surface area contributed by atoms with Crippen LogP contribution in [-0.4, -0.2) is 38.3 Å². The zero-order valence-corrected chi connectivity index (χ0v) is 11.8. The molecule has 2 fully saturated rings. The van der Waals surface area contributed by atoms with Gasteiger partial charge in [-0.05, 0) is 31.6 Å². The van der Waals surface area contributed by atoms with Gasteiger partial charge < -0.3 is 5.32 Å². The van der Waals surface area contributed by atoms with Gasteiger partial charge in [0.25, 0.3) is 0 Å². The van der Waals surface area contributed by atoms with E-state index >= 15 is 0 Å². The molecule has 1 heterocycles. The van der Waals surface area contributed by atoms with E-state index in [-0.39, 0.29) is 24.0 Å². The lowest BCUT2D eigenvalue weighted by molar-refractivity contribution is -0.122.